The molecule has 1 aromatic carbocycles. The molecule has 26 heavy (non-hydrogen) atoms. The van der Waals surface area contributed by atoms with Crippen molar-refractivity contribution < 1.29 is 9.47 Å². The van der Waals surface area contributed by atoms with Crippen LogP contribution < -0.4 is 20.1 Å². The zero-order valence-corrected chi connectivity index (χ0v) is 18.9. The van der Waals surface area contributed by atoms with Gasteiger partial charge in [0.1, 0.15) is 0 Å². The molecule has 0 amide bonds. The topological polar surface area (TPSA) is 54.9 Å². The summed E-state index contributed by atoms with van der Waals surface area (Å²) >= 11 is 1.79. The number of ether oxygens (including phenoxy) is 2. The summed E-state index contributed by atoms with van der Waals surface area (Å²) in [7, 11) is 3.30. The first kappa shape index (κ1) is 22.6. The van der Waals surface area contributed by atoms with Crippen LogP contribution >= 0.6 is 35.3 Å². The first-order valence-electron chi connectivity index (χ1n) is 8.44. The van der Waals surface area contributed by atoms with Crippen molar-refractivity contribution in [3.63, 3.8) is 0 Å². The zero-order valence-electron chi connectivity index (χ0n) is 15.8. The van der Waals surface area contributed by atoms with Crippen LogP contribution in [0.5, 0.6) is 11.5 Å². The number of halogens is 1. The SMILES string of the molecule is CCNC(=NCc1ccc(C)s1)NCCc1ccc(OC)c(OC)c1.I. The second-order valence-corrected chi connectivity index (χ2v) is 6.95. The Balaban J connectivity index is 0.00000338. The van der Waals surface area contributed by atoms with Crippen molar-refractivity contribution in [2.24, 2.45) is 4.99 Å². The van der Waals surface area contributed by atoms with E-state index in [9.17, 15) is 0 Å². The highest BCUT2D eigenvalue weighted by Crippen LogP contribution is 2.27. The number of rotatable bonds is 8. The molecule has 0 spiro atoms. The summed E-state index contributed by atoms with van der Waals surface area (Å²) in [5, 5.41) is 6.67. The fourth-order valence-electron chi connectivity index (χ4n) is 2.43. The van der Waals surface area contributed by atoms with Crippen LogP contribution in [0.1, 0.15) is 22.2 Å². The van der Waals surface area contributed by atoms with Gasteiger partial charge in [-0.05, 0) is 50.1 Å². The highest BCUT2D eigenvalue weighted by atomic mass is 127. The van der Waals surface area contributed by atoms with E-state index in [0.717, 1.165) is 37.0 Å². The number of thiophene rings is 1. The minimum absolute atomic E-state index is 0. The summed E-state index contributed by atoms with van der Waals surface area (Å²) in [6, 6.07) is 10.3. The van der Waals surface area contributed by atoms with Crippen LogP contribution in [0.15, 0.2) is 35.3 Å². The summed E-state index contributed by atoms with van der Waals surface area (Å²) in [5.41, 5.74) is 1.19. The van der Waals surface area contributed by atoms with E-state index in [4.69, 9.17) is 9.47 Å². The first-order chi connectivity index (χ1) is 12.2. The fourth-order valence-corrected chi connectivity index (χ4v) is 3.25. The molecular weight excluding hydrogens is 461 g/mol. The molecule has 0 aliphatic heterocycles. The van der Waals surface area contributed by atoms with Gasteiger partial charge in [-0.1, -0.05) is 6.07 Å². The maximum absolute atomic E-state index is 5.35. The largest absolute Gasteiger partial charge is 0.493 e. The van der Waals surface area contributed by atoms with Crippen LogP contribution in [-0.2, 0) is 13.0 Å². The maximum Gasteiger partial charge on any atom is 0.191 e. The van der Waals surface area contributed by atoms with Crippen molar-refractivity contribution in [3.8, 4) is 11.5 Å². The van der Waals surface area contributed by atoms with E-state index in [2.05, 4.69) is 47.7 Å². The lowest BCUT2D eigenvalue weighted by atomic mass is 10.1. The molecule has 0 aliphatic rings. The number of aliphatic imine (C=N–C) groups is 1. The number of methoxy groups -OCH3 is 2. The van der Waals surface area contributed by atoms with Crippen LogP contribution in [-0.4, -0.2) is 33.3 Å². The Morgan fingerprint density at radius 1 is 1.08 bits per heavy atom. The van der Waals surface area contributed by atoms with Gasteiger partial charge in [-0.15, -0.1) is 35.3 Å². The Morgan fingerprint density at radius 2 is 1.85 bits per heavy atom. The molecule has 1 heterocycles. The molecule has 0 atom stereocenters. The highest BCUT2D eigenvalue weighted by molar-refractivity contribution is 14.0. The van der Waals surface area contributed by atoms with Crippen LogP contribution in [0.2, 0.25) is 0 Å². The Hall–Kier alpha value is -1.48. The summed E-state index contributed by atoms with van der Waals surface area (Å²) < 4.78 is 10.6. The zero-order chi connectivity index (χ0) is 18.1. The number of hydrogen-bond donors (Lipinski definition) is 2. The molecule has 144 valence electrons. The van der Waals surface area contributed by atoms with Gasteiger partial charge in [-0.2, -0.15) is 0 Å². The number of guanidine groups is 1. The summed E-state index contributed by atoms with van der Waals surface area (Å²) in [5.74, 6) is 2.35. The number of aryl methyl sites for hydroxylation is 1. The van der Waals surface area contributed by atoms with Gasteiger partial charge >= 0.3 is 0 Å². The van der Waals surface area contributed by atoms with Gasteiger partial charge in [0, 0.05) is 22.8 Å². The molecule has 2 aromatic rings. The minimum Gasteiger partial charge on any atom is -0.493 e. The van der Waals surface area contributed by atoms with Crippen molar-refractivity contribution in [1.29, 1.82) is 0 Å². The van der Waals surface area contributed by atoms with E-state index in [1.165, 1.54) is 15.3 Å². The van der Waals surface area contributed by atoms with E-state index < -0.39 is 0 Å². The third-order valence-corrected chi connectivity index (χ3v) is 4.67. The third-order valence-electron chi connectivity index (χ3n) is 3.69. The van der Waals surface area contributed by atoms with Crippen LogP contribution in [0.3, 0.4) is 0 Å². The second-order valence-electron chi connectivity index (χ2n) is 5.57. The molecule has 2 N–H and O–H groups in total. The summed E-state index contributed by atoms with van der Waals surface area (Å²) in [4.78, 5) is 7.24. The third kappa shape index (κ3) is 7.03. The first-order valence-corrected chi connectivity index (χ1v) is 9.26. The van der Waals surface area contributed by atoms with Crippen LogP contribution in [0, 0.1) is 6.92 Å². The number of nitrogens with one attached hydrogen (secondary N) is 2. The monoisotopic (exact) mass is 489 g/mol. The lowest BCUT2D eigenvalue weighted by molar-refractivity contribution is 0.354. The van der Waals surface area contributed by atoms with Crippen molar-refractivity contribution in [2.45, 2.75) is 26.8 Å². The molecule has 0 saturated heterocycles. The summed E-state index contributed by atoms with van der Waals surface area (Å²) in [6.45, 7) is 6.52. The fraction of sp³-hybridized carbons (Fsp3) is 0.421. The smallest absolute Gasteiger partial charge is 0.191 e. The predicted molar refractivity (Wildman–Crippen MR) is 121 cm³/mol. The van der Waals surface area contributed by atoms with E-state index >= 15 is 0 Å². The Kier molecular flexibility index (Phi) is 10.4. The van der Waals surface area contributed by atoms with Gasteiger partial charge in [0.25, 0.3) is 0 Å². The summed E-state index contributed by atoms with van der Waals surface area (Å²) in [6.07, 6.45) is 0.878. The van der Waals surface area contributed by atoms with Crippen LogP contribution in [0.4, 0.5) is 0 Å². The maximum atomic E-state index is 5.35. The van der Waals surface area contributed by atoms with Gasteiger partial charge in [-0.3, -0.25) is 0 Å². The van der Waals surface area contributed by atoms with E-state index in [1.54, 1.807) is 25.6 Å². The normalized spacial score (nSPS) is 10.8. The number of benzene rings is 1. The van der Waals surface area contributed by atoms with Crippen molar-refractivity contribution in [1.82, 2.24) is 10.6 Å². The number of nitrogens with zero attached hydrogens (tertiary/aromatic N) is 1. The van der Waals surface area contributed by atoms with Gasteiger partial charge in [0.2, 0.25) is 0 Å². The highest BCUT2D eigenvalue weighted by Gasteiger charge is 2.05. The molecule has 7 heteroatoms. The lowest BCUT2D eigenvalue weighted by Crippen LogP contribution is -2.38. The Labute approximate surface area is 177 Å². The average Bonchev–Trinajstić information content (AvgIpc) is 3.04. The molecule has 0 fully saturated rings. The average molecular weight is 489 g/mol. The van der Waals surface area contributed by atoms with Crippen LogP contribution in [0.25, 0.3) is 0 Å². The predicted octanol–water partition coefficient (Wildman–Crippen LogP) is 3.99. The lowest BCUT2D eigenvalue weighted by Gasteiger charge is -2.12. The van der Waals surface area contributed by atoms with Crippen molar-refractivity contribution in [2.75, 3.05) is 27.3 Å². The van der Waals surface area contributed by atoms with Gasteiger partial charge in [0.15, 0.2) is 17.5 Å². The molecule has 0 radical (unpaired) electrons. The molecule has 0 aliphatic carbocycles. The van der Waals surface area contributed by atoms with Gasteiger partial charge < -0.3 is 20.1 Å². The Morgan fingerprint density at radius 3 is 2.46 bits per heavy atom. The molecule has 2 rings (SSSR count). The standard InChI is InChI=1S/C19H27N3O2S.HI/c1-5-20-19(22-13-16-8-6-14(2)25-16)21-11-10-15-7-9-17(23-3)18(12-15)24-4;/h6-9,12H,5,10-11,13H2,1-4H3,(H2,20,21,22);1H. The quantitative estimate of drug-likeness (QED) is 0.335. The van der Waals surface area contributed by atoms with E-state index in [-0.39, 0.29) is 24.0 Å². The molecule has 0 unspecified atom stereocenters. The minimum atomic E-state index is 0. The number of hydrogen-bond acceptors (Lipinski definition) is 4. The molecule has 0 bridgehead atoms. The van der Waals surface area contributed by atoms with E-state index in [1.807, 2.05) is 12.1 Å². The Bertz CT molecular complexity index is 704. The molecular formula is C19H28IN3O2S. The van der Waals surface area contributed by atoms with Crippen molar-refractivity contribution >= 4 is 41.3 Å². The van der Waals surface area contributed by atoms with Gasteiger partial charge in [-0.25, -0.2) is 4.99 Å². The van der Waals surface area contributed by atoms with Crippen molar-refractivity contribution in [3.05, 3.63) is 45.6 Å². The molecule has 1 aromatic heterocycles. The molecule has 0 saturated carbocycles. The molecule has 5 nitrogen and oxygen atoms in total. The van der Waals surface area contributed by atoms with Gasteiger partial charge in [0.05, 0.1) is 20.8 Å². The van der Waals surface area contributed by atoms with E-state index in [0.29, 0.717) is 6.54 Å². The second kappa shape index (κ2) is 12.0.